The maximum absolute atomic E-state index is 13.7. The minimum atomic E-state index is -0.874. The first kappa shape index (κ1) is 117. The standard InChI is InChI=1S/C16H12FNO2.C14H11NO2.C12H9NO2.C11H7NO3.C10H6N2O.C10H9NO3.2C10H9NO2.C9H5ClFNO2.C9H6ClNO2/c1-18-10-16(19)14-8-7-13(9-15(14)17)20-11-12-5-3-2-4-6-12;1-15-9-13(16)11-7-8-14(17-2)12-6-4-3-5-10(11)12;1-13-7-12(15)9-3-2-8-5-11(14)6-10(8)4-9;1-12-6-9(13)7-2-3-10-8(4-7)5-11(14)15-10;1-12-7-10(13)9-4-2-8(6-11)3-5-9;1-11-6-9(13)7-3-4-8(12)10(5-7)14-2;1-7-5-8(12)3-4-9(7)10(13)6-11-2;1-7-5-8(3-4-9(7)12)10(13)6-11-2;1-12-4-9(14)5-2-6(10)8(13)3-7(5)11;1-11-5-9(13)6-2-3-8(12)7(10)4-6/h2-9H,10-11H2;3-8H,9H2,2H3;2-4H,5-7H2;2-4H,5-6H2;2-5H,7H2;3-5,12H,6H2,2H3;2*3-5,12H,6H2,1H3;2-3,13H,4H2;2-4,12H,5H2. The average Bonchev–Trinajstić information content (AvgIpc) is 1.59. The summed E-state index contributed by atoms with van der Waals surface area (Å²) in [6.45, 7) is 67.5. The molecule has 147 heavy (non-hydrogen) atoms. The van der Waals surface area contributed by atoms with Crippen LogP contribution in [0.4, 0.5) is 8.78 Å². The molecule has 2 aliphatic rings. The number of phenols is 5. The number of carbonyl (C=O) groups is 12. The summed E-state index contributed by atoms with van der Waals surface area (Å²) in [7, 11) is 3.00. The summed E-state index contributed by atoms with van der Waals surface area (Å²) in [6, 6.07) is 62.1. The number of rotatable bonds is 25. The summed E-state index contributed by atoms with van der Waals surface area (Å²) in [5.74, 6) is -2.95. The molecule has 0 atom stereocenters. The second kappa shape index (κ2) is 61.4. The number of ether oxygens (including phenoxy) is 4. The number of hydrogen-bond donors (Lipinski definition) is 5. The van der Waals surface area contributed by atoms with Gasteiger partial charge in [0, 0.05) is 80.4 Å². The molecule has 1 aliphatic carbocycles. The Morgan fingerprint density at radius 3 is 1.27 bits per heavy atom. The van der Waals surface area contributed by atoms with Crippen LogP contribution in [0.5, 0.6) is 51.7 Å². The molecule has 0 saturated heterocycles. The molecule has 12 aromatic carbocycles. The number of fused-ring (bicyclic) bond motifs is 3. The van der Waals surface area contributed by atoms with E-state index in [9.17, 15) is 76.5 Å². The monoisotopic (exact) mass is 2010 g/mol. The molecule has 14 rings (SSSR count). The van der Waals surface area contributed by atoms with E-state index in [1.165, 1.54) is 92.0 Å². The van der Waals surface area contributed by atoms with E-state index < -0.39 is 35.5 Å². The molecule has 0 amide bonds. The van der Waals surface area contributed by atoms with Crippen molar-refractivity contribution in [2.75, 3.05) is 79.7 Å². The van der Waals surface area contributed by atoms with E-state index in [-0.39, 0.29) is 173 Å². The van der Waals surface area contributed by atoms with Gasteiger partial charge in [0.25, 0.3) is 65.4 Å². The van der Waals surface area contributed by atoms with Crippen LogP contribution in [-0.2, 0) is 35.5 Å². The van der Waals surface area contributed by atoms with Gasteiger partial charge in [-0.3, -0.25) is 57.5 Å². The molecule has 32 nitrogen and oxygen atoms in total. The van der Waals surface area contributed by atoms with E-state index in [0.29, 0.717) is 92.1 Å². The van der Waals surface area contributed by atoms with Gasteiger partial charge in [0.15, 0.2) is 11.5 Å². The van der Waals surface area contributed by atoms with Crippen molar-refractivity contribution in [1.82, 2.24) is 0 Å². The molecule has 1 aliphatic heterocycles. The first-order valence-electron chi connectivity index (χ1n) is 42.6. The molecule has 36 heteroatoms. The van der Waals surface area contributed by atoms with Crippen molar-refractivity contribution in [1.29, 1.82) is 5.26 Å². The van der Waals surface area contributed by atoms with Gasteiger partial charge in [-0.2, -0.15) is 5.26 Å². The van der Waals surface area contributed by atoms with E-state index in [4.69, 9.17) is 128 Å². The zero-order valence-corrected chi connectivity index (χ0v) is 80.0. The van der Waals surface area contributed by atoms with Crippen LogP contribution in [0.25, 0.3) is 59.2 Å². The van der Waals surface area contributed by atoms with Crippen LogP contribution in [-0.4, -0.2) is 175 Å². The SMILES string of the molecule is [C-]#[N+]CC(=O)c1cc(Cl)c(O)cc1F.[C-]#[N+]CC(=O)c1ccc(C#N)cc1.[C-]#[N+]CC(=O)c1ccc(O)c(C)c1.[C-]#[N+]CC(=O)c1ccc(O)c(Cl)c1.[C-]#[N+]CC(=O)c1ccc(O)c(OC)c1.[C-]#[N+]CC(=O)c1ccc(O)cc1C.[C-]#[N+]CC(=O)c1ccc(OC)c2ccccc12.[C-]#[N+]CC(=O)c1ccc(OCc2ccccc2)cc1F.[C-]#[N+]CC(=O)c1ccc2c(c1)CC(=O)C2.[C-]#[N+]CC(=O)c1ccc2c(c1)CC(=O)O2. The number of halogens is 4. The van der Waals surface area contributed by atoms with Crippen molar-refractivity contribution in [2.45, 2.75) is 39.7 Å². The Labute approximate surface area is 852 Å². The first-order chi connectivity index (χ1) is 70.3. The Bertz CT molecular complexity index is 7320. The zero-order valence-electron chi connectivity index (χ0n) is 78.5. The minimum Gasteiger partial charge on any atom is -0.508 e. The van der Waals surface area contributed by atoms with Crippen molar-refractivity contribution in [3.05, 3.63) is 461 Å². The van der Waals surface area contributed by atoms with Gasteiger partial charge in [-0.25, -0.2) is 74.5 Å². The van der Waals surface area contributed by atoms with E-state index in [2.05, 4.69) is 48.5 Å². The van der Waals surface area contributed by atoms with E-state index in [1.54, 1.807) is 93.8 Å². The third-order valence-electron chi connectivity index (χ3n) is 19.8. The number of hydrogen-bond acceptors (Lipinski definition) is 22. The molecule has 0 spiro atoms. The quantitative estimate of drug-likeness (QED) is 0.0153. The fourth-order valence-electron chi connectivity index (χ4n) is 12.6. The average molecular weight is 2020 g/mol. The number of benzene rings is 12. The summed E-state index contributed by atoms with van der Waals surface area (Å²) < 4.78 is 47.2. The summed E-state index contributed by atoms with van der Waals surface area (Å²) in [5, 5.41) is 55.8. The number of Topliss-reactive ketones (excluding diaryl/α,β-unsaturated/α-hetero) is 11. The lowest BCUT2D eigenvalue weighted by molar-refractivity contribution is -0.132. The molecule has 5 N–H and O–H groups in total. The summed E-state index contributed by atoms with van der Waals surface area (Å²) in [6.07, 6.45) is 1.11. The number of ketones is 11. The van der Waals surface area contributed by atoms with E-state index in [0.717, 1.165) is 50.9 Å². The molecule has 0 bridgehead atoms. The Hall–Kier alpha value is -20.0. The highest BCUT2D eigenvalue weighted by Gasteiger charge is 2.26. The number of methoxy groups -OCH3 is 2. The largest absolute Gasteiger partial charge is 0.508 e. The smallest absolute Gasteiger partial charge is 0.315 e. The molecule has 736 valence electrons. The molecule has 0 radical (unpaired) electrons. The van der Waals surface area contributed by atoms with Gasteiger partial charge < -0.3 is 92.9 Å². The second-order valence-corrected chi connectivity index (χ2v) is 30.9. The van der Waals surface area contributed by atoms with Crippen LogP contribution in [0.2, 0.25) is 10.0 Å². The Morgan fingerprint density at radius 2 is 0.769 bits per heavy atom. The second-order valence-electron chi connectivity index (χ2n) is 30.0. The van der Waals surface area contributed by atoms with Gasteiger partial charge in [0.2, 0.25) is 57.8 Å². The molecular weight excluding hydrogens is 1930 g/mol. The Balaban J connectivity index is 0.000000288. The molecule has 0 fully saturated rings. The van der Waals surface area contributed by atoms with Crippen molar-refractivity contribution in [2.24, 2.45) is 0 Å². The Morgan fingerprint density at radius 1 is 0.361 bits per heavy atom. The number of aryl methyl sites for hydroxylation is 2. The van der Waals surface area contributed by atoms with E-state index in [1.807, 2.05) is 66.7 Å². The zero-order chi connectivity index (χ0) is 109. The number of nitrogens with zero attached hydrogens (tertiary/aromatic N) is 11. The predicted molar refractivity (Wildman–Crippen MR) is 538 cm³/mol. The topological polar surface area (TPSA) is 410 Å². The van der Waals surface area contributed by atoms with Gasteiger partial charge in [-0.1, -0.05) is 89.9 Å². The fourth-order valence-corrected chi connectivity index (χ4v) is 12.9. The summed E-state index contributed by atoms with van der Waals surface area (Å²) >= 11 is 11.1. The Kier molecular flexibility index (Phi) is 49.1. The number of esters is 1. The lowest BCUT2D eigenvalue weighted by atomic mass is 10.0. The predicted octanol–water partition coefficient (Wildman–Crippen LogP) is 20.4. The van der Waals surface area contributed by atoms with Crippen LogP contribution < -0.4 is 18.9 Å². The fraction of sp³-hybridized carbons (Fsp3) is 0.162. The third-order valence-corrected chi connectivity index (χ3v) is 20.4. The highest BCUT2D eigenvalue weighted by atomic mass is 35.5. The highest BCUT2D eigenvalue weighted by molar-refractivity contribution is 6.33. The number of carbonyl (C=O) groups excluding carboxylic acids is 12. The number of phenolic OH excluding ortho intramolecular Hbond substituents is 5. The molecule has 0 saturated carbocycles. The van der Waals surface area contributed by atoms with Crippen LogP contribution >= 0.6 is 23.2 Å². The highest BCUT2D eigenvalue weighted by Crippen LogP contribution is 2.33. The maximum Gasteiger partial charge on any atom is 0.315 e. The first-order valence-corrected chi connectivity index (χ1v) is 43.4. The van der Waals surface area contributed by atoms with Crippen molar-refractivity contribution < 1.29 is 111 Å². The van der Waals surface area contributed by atoms with Crippen LogP contribution in [0.15, 0.2) is 231 Å². The van der Waals surface area contributed by atoms with Crippen molar-refractivity contribution in [3.8, 4) is 57.8 Å². The minimum absolute atomic E-state index is 0.0214. The van der Waals surface area contributed by atoms with Crippen LogP contribution in [0.3, 0.4) is 0 Å². The van der Waals surface area contributed by atoms with Crippen LogP contribution in [0.1, 0.15) is 143 Å². The summed E-state index contributed by atoms with van der Waals surface area (Å²) in [5.41, 5.74) is 8.93. The molecule has 0 aromatic heterocycles. The number of aromatic hydroxyl groups is 5. The molecule has 0 unspecified atom stereocenters. The van der Waals surface area contributed by atoms with Crippen molar-refractivity contribution >= 4 is 104 Å². The molecule has 12 aromatic rings. The number of nitriles is 1. The van der Waals surface area contributed by atoms with Crippen molar-refractivity contribution in [3.63, 3.8) is 0 Å². The van der Waals surface area contributed by atoms with E-state index >= 15 is 0 Å². The third kappa shape index (κ3) is 37.9. The lowest BCUT2D eigenvalue weighted by Crippen LogP contribution is -2.05. The summed E-state index contributed by atoms with van der Waals surface area (Å²) in [4.78, 5) is 165. The maximum atomic E-state index is 13.7. The van der Waals surface area contributed by atoms with Gasteiger partial charge in [0.1, 0.15) is 64.3 Å². The van der Waals surface area contributed by atoms with Gasteiger partial charge >= 0.3 is 5.97 Å². The van der Waals surface area contributed by atoms with Gasteiger partial charge in [-0.05, 0) is 199 Å². The molecular formula is C111H83Cl2F2N11O21. The molecule has 1 heterocycles. The van der Waals surface area contributed by atoms with Crippen LogP contribution in [0, 0.1) is 103 Å². The van der Waals surface area contributed by atoms with Gasteiger partial charge in [0.05, 0.1) is 53.4 Å². The van der Waals surface area contributed by atoms with Gasteiger partial charge in [-0.15, -0.1) is 0 Å². The lowest BCUT2D eigenvalue weighted by Gasteiger charge is -2.07. The normalized spacial score (nSPS) is 10.1.